The molecule has 180 valence electrons. The zero-order valence-electron chi connectivity index (χ0n) is 19.5. The molecule has 0 spiro atoms. The van der Waals surface area contributed by atoms with Crippen LogP contribution in [0.25, 0.3) is 11.7 Å². The lowest BCUT2D eigenvalue weighted by atomic mass is 10.2. The van der Waals surface area contributed by atoms with Crippen molar-refractivity contribution in [2.45, 2.75) is 39.8 Å². The molecule has 1 aromatic carbocycles. The van der Waals surface area contributed by atoms with E-state index in [1.54, 1.807) is 23.2 Å². The molecule has 2 aliphatic rings. The fraction of sp³-hybridized carbons (Fsp3) is 0.280. The second kappa shape index (κ2) is 9.35. The number of hydrogen-bond donors (Lipinski definition) is 1. The van der Waals surface area contributed by atoms with Crippen LogP contribution >= 0.6 is 24.0 Å². The third-order valence-corrected chi connectivity index (χ3v) is 7.36. The summed E-state index contributed by atoms with van der Waals surface area (Å²) in [6, 6.07) is 9.36. The number of fused-ring (bicyclic) bond motifs is 2. The molecule has 4 heterocycles. The first-order valence-corrected chi connectivity index (χ1v) is 12.5. The van der Waals surface area contributed by atoms with Gasteiger partial charge in [-0.3, -0.25) is 18.9 Å². The zero-order chi connectivity index (χ0) is 24.7. The number of thiocarbonyl (C=S) groups is 1. The van der Waals surface area contributed by atoms with Crippen LogP contribution in [0.2, 0.25) is 0 Å². The van der Waals surface area contributed by atoms with Crippen molar-refractivity contribution in [3.05, 3.63) is 68.5 Å². The number of ether oxygens (including phenoxy) is 2. The monoisotopic (exact) mass is 508 g/mol. The Hall–Kier alpha value is -3.37. The van der Waals surface area contributed by atoms with Gasteiger partial charge in [0.2, 0.25) is 6.79 Å². The number of hydrogen-bond acceptors (Lipinski definition) is 8. The average Bonchev–Trinajstić information content (AvgIpc) is 3.42. The third kappa shape index (κ3) is 4.39. The Bertz CT molecular complexity index is 1450. The smallest absolute Gasteiger partial charge is 0.267 e. The molecule has 8 nitrogen and oxygen atoms in total. The summed E-state index contributed by atoms with van der Waals surface area (Å²) in [7, 11) is 0. The number of nitrogens with zero attached hydrogens (tertiary/aromatic N) is 3. The highest BCUT2D eigenvalue weighted by atomic mass is 32.2. The summed E-state index contributed by atoms with van der Waals surface area (Å²) in [6.07, 6.45) is 4.13. The fourth-order valence-electron chi connectivity index (χ4n) is 3.93. The summed E-state index contributed by atoms with van der Waals surface area (Å²) in [5.41, 5.74) is 2.42. The first-order valence-electron chi connectivity index (χ1n) is 11.3. The van der Waals surface area contributed by atoms with Crippen LogP contribution in [-0.4, -0.2) is 37.3 Å². The molecular weight excluding hydrogens is 484 g/mol. The number of amides is 1. The topological polar surface area (TPSA) is 85.2 Å². The maximum atomic E-state index is 13.5. The normalized spacial score (nSPS) is 17.0. The van der Waals surface area contributed by atoms with Gasteiger partial charge in [0, 0.05) is 18.8 Å². The maximum absolute atomic E-state index is 13.5. The molecule has 2 aromatic heterocycles. The zero-order valence-corrected chi connectivity index (χ0v) is 21.2. The molecule has 10 heteroatoms. The number of nitrogens with one attached hydrogen (secondary N) is 1. The van der Waals surface area contributed by atoms with Crippen molar-refractivity contribution in [2.24, 2.45) is 0 Å². The fourth-order valence-corrected chi connectivity index (χ4v) is 5.38. The molecule has 1 fully saturated rings. The number of benzene rings is 1. The van der Waals surface area contributed by atoms with Crippen LogP contribution in [0.4, 0.5) is 5.82 Å². The van der Waals surface area contributed by atoms with Gasteiger partial charge in [0.15, 0.2) is 11.5 Å². The molecule has 35 heavy (non-hydrogen) atoms. The summed E-state index contributed by atoms with van der Waals surface area (Å²) >= 11 is 6.67. The Morgan fingerprint density at radius 2 is 2.03 bits per heavy atom. The highest BCUT2D eigenvalue weighted by molar-refractivity contribution is 8.26. The van der Waals surface area contributed by atoms with Gasteiger partial charge in [-0.15, -0.1) is 0 Å². The Morgan fingerprint density at radius 3 is 2.83 bits per heavy atom. The first-order chi connectivity index (χ1) is 16.9. The van der Waals surface area contributed by atoms with Crippen LogP contribution in [0, 0.1) is 6.92 Å². The number of aryl methyl sites for hydroxylation is 1. The molecule has 1 saturated heterocycles. The van der Waals surface area contributed by atoms with E-state index in [-0.39, 0.29) is 24.3 Å². The number of rotatable bonds is 6. The van der Waals surface area contributed by atoms with Gasteiger partial charge < -0.3 is 14.8 Å². The number of carbonyl (C=O) groups is 1. The highest BCUT2D eigenvalue weighted by Crippen LogP contribution is 2.35. The molecule has 0 bridgehead atoms. The van der Waals surface area contributed by atoms with Gasteiger partial charge in [-0.25, -0.2) is 4.98 Å². The van der Waals surface area contributed by atoms with Crippen molar-refractivity contribution in [1.29, 1.82) is 0 Å². The quantitative estimate of drug-likeness (QED) is 0.389. The molecule has 1 amide bonds. The molecule has 0 saturated carbocycles. The van der Waals surface area contributed by atoms with Crippen molar-refractivity contribution in [1.82, 2.24) is 14.3 Å². The molecule has 0 radical (unpaired) electrons. The predicted molar refractivity (Wildman–Crippen MR) is 141 cm³/mol. The van der Waals surface area contributed by atoms with E-state index < -0.39 is 0 Å². The SMILES string of the molecule is CC[C@H](C)N1C(=O)/C(=C/c2c(NCc3ccc4c(c3)OCO4)nc3ccc(C)cn3c2=O)SC1=S. The summed E-state index contributed by atoms with van der Waals surface area (Å²) in [5, 5.41) is 3.28. The second-order valence-corrected chi connectivity index (χ2v) is 10.1. The molecule has 0 unspecified atom stereocenters. The molecular formula is C25H24N4O4S2. The molecule has 0 aliphatic carbocycles. The van der Waals surface area contributed by atoms with Gasteiger partial charge in [0.1, 0.15) is 15.8 Å². The van der Waals surface area contributed by atoms with E-state index >= 15 is 0 Å². The number of carbonyl (C=O) groups excluding carboxylic acids is 1. The summed E-state index contributed by atoms with van der Waals surface area (Å²) < 4.78 is 12.8. The lowest BCUT2D eigenvalue weighted by Gasteiger charge is -2.21. The first kappa shape index (κ1) is 23.4. The van der Waals surface area contributed by atoms with Crippen molar-refractivity contribution in [3.63, 3.8) is 0 Å². The highest BCUT2D eigenvalue weighted by Gasteiger charge is 2.35. The van der Waals surface area contributed by atoms with Gasteiger partial charge in [-0.2, -0.15) is 0 Å². The Balaban J connectivity index is 1.55. The van der Waals surface area contributed by atoms with Gasteiger partial charge in [0.05, 0.1) is 10.5 Å². The minimum atomic E-state index is -0.263. The van der Waals surface area contributed by atoms with Crippen LogP contribution < -0.4 is 20.3 Å². The van der Waals surface area contributed by atoms with Crippen LogP contribution in [0.1, 0.15) is 37.0 Å². The largest absolute Gasteiger partial charge is 0.454 e. The molecule has 2 aliphatic heterocycles. The van der Waals surface area contributed by atoms with E-state index in [0.29, 0.717) is 44.3 Å². The van der Waals surface area contributed by atoms with Crippen molar-refractivity contribution in [2.75, 3.05) is 12.1 Å². The van der Waals surface area contributed by atoms with Gasteiger partial charge in [-0.05, 0) is 55.7 Å². The predicted octanol–water partition coefficient (Wildman–Crippen LogP) is 4.34. The Morgan fingerprint density at radius 1 is 1.23 bits per heavy atom. The number of thioether (sulfide) groups is 1. The van der Waals surface area contributed by atoms with E-state index in [4.69, 9.17) is 26.7 Å². The second-order valence-electron chi connectivity index (χ2n) is 8.46. The summed E-state index contributed by atoms with van der Waals surface area (Å²) in [5.74, 6) is 1.59. The minimum Gasteiger partial charge on any atom is -0.454 e. The van der Waals surface area contributed by atoms with Gasteiger partial charge >= 0.3 is 0 Å². The third-order valence-electron chi connectivity index (χ3n) is 6.03. The van der Waals surface area contributed by atoms with E-state index in [1.807, 2.05) is 45.0 Å². The van der Waals surface area contributed by atoms with Gasteiger partial charge in [0.25, 0.3) is 11.5 Å². The van der Waals surface area contributed by atoms with Crippen LogP contribution in [0.15, 0.2) is 46.2 Å². The van der Waals surface area contributed by atoms with E-state index in [9.17, 15) is 9.59 Å². The number of anilines is 1. The molecule has 5 rings (SSSR count). The Kier molecular flexibility index (Phi) is 6.24. The van der Waals surface area contributed by atoms with Crippen LogP contribution in [-0.2, 0) is 11.3 Å². The number of pyridine rings is 1. The lowest BCUT2D eigenvalue weighted by molar-refractivity contribution is -0.123. The van der Waals surface area contributed by atoms with Crippen LogP contribution in [0.3, 0.4) is 0 Å². The lowest BCUT2D eigenvalue weighted by Crippen LogP contribution is -2.36. The molecule has 1 N–H and O–H groups in total. The van der Waals surface area contributed by atoms with E-state index in [1.165, 1.54) is 16.2 Å². The molecule has 3 aromatic rings. The standard InChI is InChI=1S/C25H24N4O4S2/c1-4-15(3)29-24(31)20(35-25(29)34)10-17-22(27-21-8-5-14(2)12-28(21)23(17)30)26-11-16-6-7-18-19(9-16)33-13-32-18/h5-10,12,15,26H,4,11,13H2,1-3H3/b20-10-/t15-/m0/s1. The van der Waals surface area contributed by atoms with Crippen molar-refractivity contribution >= 4 is 51.7 Å². The maximum Gasteiger partial charge on any atom is 0.267 e. The molecule has 1 atom stereocenters. The van der Waals surface area contributed by atoms with Crippen molar-refractivity contribution in [3.8, 4) is 11.5 Å². The minimum absolute atomic E-state index is 0.0181. The van der Waals surface area contributed by atoms with Crippen molar-refractivity contribution < 1.29 is 14.3 Å². The van der Waals surface area contributed by atoms with E-state index in [0.717, 1.165) is 17.5 Å². The summed E-state index contributed by atoms with van der Waals surface area (Å²) in [4.78, 5) is 33.4. The number of aromatic nitrogens is 2. The average molecular weight is 509 g/mol. The van der Waals surface area contributed by atoms with E-state index in [2.05, 4.69) is 5.32 Å². The summed E-state index contributed by atoms with van der Waals surface area (Å²) in [6.45, 7) is 6.48. The van der Waals surface area contributed by atoms with Gasteiger partial charge in [-0.1, -0.05) is 43.0 Å². The van der Waals surface area contributed by atoms with Crippen LogP contribution in [0.5, 0.6) is 11.5 Å². The Labute approximate surface area is 211 Å².